The standard InChI is InChI=1S/C8H13N4O8P/c9-7-10-2-12(8(15)11-7)6-5(14)4(13)3(20-6)1-19-21(16,17)18/h2-6,13-14H,1H2,(H2,9,11,15)(H2,16,17,18)/t3-,4?,5?,6-/m1/s1. The monoisotopic (exact) mass is 324 g/mol. The van der Waals surface area contributed by atoms with Crippen molar-refractivity contribution < 1.29 is 33.8 Å². The van der Waals surface area contributed by atoms with Crippen molar-refractivity contribution in [1.29, 1.82) is 0 Å². The van der Waals surface area contributed by atoms with E-state index in [0.29, 0.717) is 0 Å². The van der Waals surface area contributed by atoms with Crippen molar-refractivity contribution in [3.63, 3.8) is 0 Å². The van der Waals surface area contributed by atoms with E-state index < -0.39 is 44.7 Å². The zero-order valence-corrected chi connectivity index (χ0v) is 11.3. The van der Waals surface area contributed by atoms with Gasteiger partial charge < -0.3 is 30.5 Å². The Hall–Kier alpha value is -1.40. The van der Waals surface area contributed by atoms with Gasteiger partial charge in [-0.15, -0.1) is 0 Å². The minimum atomic E-state index is -4.75. The van der Waals surface area contributed by atoms with Crippen molar-refractivity contribution >= 4 is 13.8 Å². The van der Waals surface area contributed by atoms with Crippen LogP contribution >= 0.6 is 7.82 Å². The first-order valence-electron chi connectivity index (χ1n) is 5.61. The number of aromatic nitrogens is 3. The lowest BCUT2D eigenvalue weighted by molar-refractivity contribution is -0.0547. The second-order valence-electron chi connectivity index (χ2n) is 4.24. The number of phosphoric acid groups is 1. The van der Waals surface area contributed by atoms with Crippen LogP contribution in [0.15, 0.2) is 11.1 Å². The van der Waals surface area contributed by atoms with Crippen LogP contribution in [0.25, 0.3) is 0 Å². The second-order valence-corrected chi connectivity index (χ2v) is 5.48. The number of rotatable bonds is 4. The van der Waals surface area contributed by atoms with Crippen LogP contribution < -0.4 is 11.4 Å². The van der Waals surface area contributed by atoms with Crippen molar-refractivity contribution in [2.75, 3.05) is 12.3 Å². The van der Waals surface area contributed by atoms with Crippen LogP contribution in [0.2, 0.25) is 0 Å². The van der Waals surface area contributed by atoms with E-state index in [1.54, 1.807) is 0 Å². The van der Waals surface area contributed by atoms with E-state index in [2.05, 4.69) is 14.5 Å². The molecule has 1 aliphatic rings. The summed E-state index contributed by atoms with van der Waals surface area (Å²) < 4.78 is 20.8. The third-order valence-electron chi connectivity index (χ3n) is 2.76. The molecule has 13 heteroatoms. The Balaban J connectivity index is 2.16. The molecule has 1 saturated heterocycles. The van der Waals surface area contributed by atoms with Crippen LogP contribution in [-0.4, -0.2) is 59.5 Å². The van der Waals surface area contributed by atoms with E-state index in [9.17, 15) is 19.6 Å². The summed E-state index contributed by atoms with van der Waals surface area (Å²) >= 11 is 0. The molecule has 2 rings (SSSR count). The van der Waals surface area contributed by atoms with E-state index in [4.69, 9.17) is 20.3 Å². The maximum atomic E-state index is 11.6. The first kappa shape index (κ1) is 16.0. The van der Waals surface area contributed by atoms with E-state index >= 15 is 0 Å². The maximum Gasteiger partial charge on any atom is 0.469 e. The number of ether oxygens (including phenoxy) is 1. The number of aliphatic hydroxyl groups is 2. The number of phosphoric ester groups is 1. The second kappa shape index (κ2) is 5.77. The molecule has 118 valence electrons. The Morgan fingerprint density at radius 1 is 1.43 bits per heavy atom. The van der Waals surface area contributed by atoms with Crippen LogP contribution in [0.4, 0.5) is 5.95 Å². The highest BCUT2D eigenvalue weighted by Crippen LogP contribution is 2.38. The third-order valence-corrected chi connectivity index (χ3v) is 3.25. The quantitative estimate of drug-likeness (QED) is 0.353. The van der Waals surface area contributed by atoms with Gasteiger partial charge in [-0.05, 0) is 0 Å². The fourth-order valence-corrected chi connectivity index (χ4v) is 2.14. The van der Waals surface area contributed by atoms with Gasteiger partial charge in [0.25, 0.3) is 0 Å². The molecular weight excluding hydrogens is 311 g/mol. The van der Waals surface area contributed by atoms with E-state index in [1.807, 2.05) is 0 Å². The Morgan fingerprint density at radius 3 is 2.67 bits per heavy atom. The molecule has 21 heavy (non-hydrogen) atoms. The number of nitrogens with zero attached hydrogens (tertiary/aromatic N) is 3. The highest BCUT2D eigenvalue weighted by molar-refractivity contribution is 7.46. The van der Waals surface area contributed by atoms with Gasteiger partial charge in [0.05, 0.1) is 6.61 Å². The van der Waals surface area contributed by atoms with Crippen molar-refractivity contribution in [1.82, 2.24) is 14.5 Å². The van der Waals surface area contributed by atoms with E-state index in [-0.39, 0.29) is 5.95 Å². The molecule has 1 aromatic heterocycles. The van der Waals surface area contributed by atoms with Crippen LogP contribution in [0.1, 0.15) is 6.23 Å². The first-order chi connectivity index (χ1) is 9.69. The van der Waals surface area contributed by atoms with Crippen LogP contribution in [0, 0.1) is 0 Å². The summed E-state index contributed by atoms with van der Waals surface area (Å²) in [6.07, 6.45) is -4.68. The number of aliphatic hydroxyl groups excluding tert-OH is 2. The molecule has 1 aliphatic heterocycles. The summed E-state index contributed by atoms with van der Waals surface area (Å²) in [6.45, 7) is -0.677. The summed E-state index contributed by atoms with van der Waals surface area (Å²) in [5, 5.41) is 19.6. The zero-order chi connectivity index (χ0) is 15.8. The summed E-state index contributed by atoms with van der Waals surface area (Å²) in [6, 6.07) is 0. The average Bonchev–Trinajstić information content (AvgIpc) is 2.64. The number of anilines is 1. The Morgan fingerprint density at radius 2 is 2.10 bits per heavy atom. The van der Waals surface area contributed by atoms with Gasteiger partial charge >= 0.3 is 13.5 Å². The topological polar surface area (TPSA) is 190 Å². The summed E-state index contributed by atoms with van der Waals surface area (Å²) in [5.41, 5.74) is 4.35. The predicted octanol–water partition coefficient (Wildman–Crippen LogP) is -3.05. The van der Waals surface area contributed by atoms with Crippen molar-refractivity contribution in [2.24, 2.45) is 0 Å². The van der Waals surface area contributed by atoms with Crippen molar-refractivity contribution in [2.45, 2.75) is 24.5 Å². The van der Waals surface area contributed by atoms with Gasteiger partial charge in [0.1, 0.15) is 24.6 Å². The molecule has 12 nitrogen and oxygen atoms in total. The number of nitrogen functional groups attached to an aromatic ring is 1. The molecule has 2 heterocycles. The van der Waals surface area contributed by atoms with Crippen LogP contribution in [-0.2, 0) is 13.8 Å². The molecule has 0 bridgehead atoms. The molecule has 0 amide bonds. The third kappa shape index (κ3) is 3.63. The van der Waals surface area contributed by atoms with Gasteiger partial charge in [-0.1, -0.05) is 0 Å². The molecule has 0 saturated carbocycles. The maximum absolute atomic E-state index is 11.6. The molecule has 0 spiro atoms. The summed E-state index contributed by atoms with van der Waals surface area (Å²) in [4.78, 5) is 35.7. The van der Waals surface area contributed by atoms with Crippen molar-refractivity contribution in [3.8, 4) is 0 Å². The van der Waals surface area contributed by atoms with Gasteiger partial charge in [-0.2, -0.15) is 4.98 Å². The van der Waals surface area contributed by atoms with Gasteiger partial charge in [-0.3, -0.25) is 9.09 Å². The van der Waals surface area contributed by atoms with Crippen molar-refractivity contribution in [3.05, 3.63) is 16.8 Å². The Bertz CT molecular complexity index is 617. The molecule has 0 radical (unpaired) electrons. The smallest absolute Gasteiger partial charge is 0.387 e. The number of nitrogens with two attached hydrogens (primary N) is 1. The zero-order valence-electron chi connectivity index (χ0n) is 10.4. The van der Waals surface area contributed by atoms with E-state index in [1.165, 1.54) is 0 Å². The molecule has 0 aromatic carbocycles. The van der Waals surface area contributed by atoms with Crippen LogP contribution in [0.3, 0.4) is 0 Å². The fraction of sp³-hybridized carbons (Fsp3) is 0.625. The minimum absolute atomic E-state index is 0.273. The lowest BCUT2D eigenvalue weighted by Crippen LogP contribution is -2.36. The lowest BCUT2D eigenvalue weighted by Gasteiger charge is -2.16. The molecule has 1 fully saturated rings. The molecule has 6 N–H and O–H groups in total. The highest BCUT2D eigenvalue weighted by Gasteiger charge is 2.45. The fourth-order valence-electron chi connectivity index (χ4n) is 1.80. The van der Waals surface area contributed by atoms with Gasteiger partial charge in [0.15, 0.2) is 6.23 Å². The lowest BCUT2D eigenvalue weighted by atomic mass is 10.1. The van der Waals surface area contributed by atoms with Gasteiger partial charge in [0.2, 0.25) is 5.95 Å². The molecule has 2 unspecified atom stereocenters. The summed E-state index contributed by atoms with van der Waals surface area (Å²) in [7, 11) is -4.75. The molecule has 1 aromatic rings. The SMILES string of the molecule is Nc1ncn([C@@H]2O[C@H](COP(=O)(O)O)C(O)C2O)c(=O)n1. The highest BCUT2D eigenvalue weighted by atomic mass is 31.2. The number of hydrogen-bond acceptors (Lipinski definition) is 9. The van der Waals surface area contributed by atoms with E-state index in [0.717, 1.165) is 10.9 Å². The molecular formula is C8H13N4O8P. The first-order valence-corrected chi connectivity index (χ1v) is 7.14. The minimum Gasteiger partial charge on any atom is -0.387 e. The van der Waals surface area contributed by atoms with Gasteiger partial charge in [-0.25, -0.2) is 14.3 Å². The predicted molar refractivity (Wildman–Crippen MR) is 64.6 cm³/mol. The normalized spacial score (nSPS) is 29.7. The average molecular weight is 324 g/mol. The Kier molecular flexibility index (Phi) is 4.39. The van der Waals surface area contributed by atoms with Gasteiger partial charge in [0, 0.05) is 0 Å². The molecule has 0 aliphatic carbocycles. The summed E-state index contributed by atoms with van der Waals surface area (Å²) in [5.74, 6) is -0.273. The van der Waals surface area contributed by atoms with Crippen LogP contribution in [0.5, 0.6) is 0 Å². The molecule has 4 atom stereocenters. The Labute approximate surface area is 117 Å². The number of hydrogen-bond donors (Lipinski definition) is 5. The largest absolute Gasteiger partial charge is 0.469 e.